The first-order valence-corrected chi connectivity index (χ1v) is 6.93. The van der Waals surface area contributed by atoms with Crippen molar-refractivity contribution in [1.29, 1.82) is 0 Å². The highest BCUT2D eigenvalue weighted by Gasteiger charge is 2.41. The first kappa shape index (κ1) is 11.2. The van der Waals surface area contributed by atoms with Crippen molar-refractivity contribution in [2.45, 2.75) is 51.7 Å². The number of oxazole rings is 1. The molecule has 1 saturated heterocycles. The third-order valence-corrected chi connectivity index (χ3v) is 4.58. The Bertz CT molecular complexity index is 595. The van der Waals surface area contributed by atoms with Gasteiger partial charge in [-0.2, -0.15) is 5.10 Å². The number of fused-ring (bicyclic) bond motifs is 4. The zero-order valence-corrected chi connectivity index (χ0v) is 11.3. The van der Waals surface area contributed by atoms with Gasteiger partial charge in [-0.05, 0) is 26.7 Å². The van der Waals surface area contributed by atoms with Crippen LogP contribution in [0.15, 0.2) is 10.6 Å². The predicted molar refractivity (Wildman–Crippen MR) is 69.6 cm³/mol. The van der Waals surface area contributed by atoms with Crippen molar-refractivity contribution in [3.05, 3.63) is 34.8 Å². The number of aryl methyl sites for hydroxylation is 2. The summed E-state index contributed by atoms with van der Waals surface area (Å²) in [6, 6.07) is 1.09. The monoisotopic (exact) mass is 258 g/mol. The quantitative estimate of drug-likeness (QED) is 0.897. The van der Waals surface area contributed by atoms with Crippen LogP contribution in [0.25, 0.3) is 0 Å². The summed E-state index contributed by atoms with van der Waals surface area (Å²) in [6.07, 6.45) is 5.53. The van der Waals surface area contributed by atoms with Crippen molar-refractivity contribution in [3.63, 3.8) is 0 Å². The van der Waals surface area contributed by atoms with Gasteiger partial charge in [0.25, 0.3) is 0 Å². The number of rotatable bonds is 2. The number of hydrogen-bond donors (Lipinski definition) is 1. The number of nitrogens with one attached hydrogen (secondary N) is 1. The fourth-order valence-electron chi connectivity index (χ4n) is 3.50. The minimum Gasteiger partial charge on any atom is -0.444 e. The molecule has 0 aromatic carbocycles. The van der Waals surface area contributed by atoms with E-state index in [0.29, 0.717) is 12.1 Å². The van der Waals surface area contributed by atoms with Crippen LogP contribution in [0, 0.1) is 13.8 Å². The normalized spacial score (nSPS) is 25.8. The third-order valence-electron chi connectivity index (χ3n) is 4.58. The topological polar surface area (TPSA) is 58.0 Å². The summed E-state index contributed by atoms with van der Waals surface area (Å²) in [5.74, 6) is 1.78. The first-order chi connectivity index (χ1) is 9.22. The van der Waals surface area contributed by atoms with E-state index >= 15 is 0 Å². The summed E-state index contributed by atoms with van der Waals surface area (Å²) in [4.78, 5) is 7.04. The average Bonchev–Trinajstić information content (AvgIpc) is 3.03. The summed E-state index contributed by atoms with van der Waals surface area (Å²) in [6.45, 7) is 4.79. The van der Waals surface area contributed by atoms with Crippen LogP contribution in [-0.2, 0) is 13.0 Å². The highest BCUT2D eigenvalue weighted by molar-refractivity contribution is 5.28. The zero-order valence-electron chi connectivity index (χ0n) is 11.3. The summed E-state index contributed by atoms with van der Waals surface area (Å²) in [5, 5.41) is 7.33. The minimum atomic E-state index is 0.486. The van der Waals surface area contributed by atoms with Crippen molar-refractivity contribution in [3.8, 4) is 0 Å². The Balaban J connectivity index is 1.63. The Hall–Kier alpha value is -1.62. The molecule has 1 fully saturated rings. The van der Waals surface area contributed by atoms with Crippen LogP contribution in [0.1, 0.15) is 47.5 Å². The van der Waals surface area contributed by atoms with Gasteiger partial charge in [0.05, 0.1) is 18.4 Å². The molecule has 2 bridgehead atoms. The fourth-order valence-corrected chi connectivity index (χ4v) is 3.50. The molecule has 2 unspecified atom stereocenters. The van der Waals surface area contributed by atoms with Gasteiger partial charge in [-0.3, -0.25) is 10.00 Å². The van der Waals surface area contributed by atoms with Gasteiger partial charge in [-0.25, -0.2) is 4.98 Å². The molecular formula is C14H18N4O. The molecule has 4 rings (SSSR count). The predicted octanol–water partition coefficient (Wildman–Crippen LogP) is 2.28. The van der Waals surface area contributed by atoms with Crippen molar-refractivity contribution < 1.29 is 4.42 Å². The lowest BCUT2D eigenvalue weighted by Gasteiger charge is -2.33. The van der Waals surface area contributed by atoms with Gasteiger partial charge in [0.2, 0.25) is 5.89 Å². The second-order valence-corrected chi connectivity index (χ2v) is 5.68. The van der Waals surface area contributed by atoms with Crippen LogP contribution in [0.5, 0.6) is 0 Å². The molecule has 5 heteroatoms. The summed E-state index contributed by atoms with van der Waals surface area (Å²) < 4.78 is 5.73. The van der Waals surface area contributed by atoms with Gasteiger partial charge in [0.15, 0.2) is 0 Å². The van der Waals surface area contributed by atoms with E-state index in [0.717, 1.165) is 30.3 Å². The second kappa shape index (κ2) is 3.93. The van der Waals surface area contributed by atoms with Crippen molar-refractivity contribution in [1.82, 2.24) is 20.1 Å². The summed E-state index contributed by atoms with van der Waals surface area (Å²) in [7, 11) is 0. The molecule has 100 valence electrons. The lowest BCUT2D eigenvalue weighted by atomic mass is 10.0. The molecule has 0 aliphatic carbocycles. The zero-order chi connectivity index (χ0) is 13.0. The Labute approximate surface area is 112 Å². The molecule has 1 N–H and O–H groups in total. The third kappa shape index (κ3) is 1.64. The maximum Gasteiger partial charge on any atom is 0.208 e. The maximum absolute atomic E-state index is 5.73. The van der Waals surface area contributed by atoms with Crippen LogP contribution in [0.4, 0.5) is 0 Å². The largest absolute Gasteiger partial charge is 0.444 e. The van der Waals surface area contributed by atoms with Crippen LogP contribution < -0.4 is 0 Å². The smallest absolute Gasteiger partial charge is 0.208 e. The number of aromatic nitrogens is 3. The van der Waals surface area contributed by atoms with E-state index in [1.807, 2.05) is 20.0 Å². The van der Waals surface area contributed by atoms with Gasteiger partial charge in [-0.15, -0.1) is 0 Å². The van der Waals surface area contributed by atoms with E-state index in [9.17, 15) is 0 Å². The molecule has 2 aromatic heterocycles. The Morgan fingerprint density at radius 2 is 2.32 bits per heavy atom. The minimum absolute atomic E-state index is 0.486. The fraction of sp³-hybridized carbons (Fsp3) is 0.571. The molecule has 2 atom stereocenters. The van der Waals surface area contributed by atoms with E-state index in [-0.39, 0.29) is 0 Å². The standard InChI is InChI=1S/C14H18N4O/c1-8-9(2)19-14(16-8)7-18-10-3-4-13(18)11-6-15-17-12(11)5-10/h6,10,13H,3-5,7H2,1-2H3,(H,15,17). The molecule has 4 heterocycles. The number of aromatic amines is 1. The molecule has 0 radical (unpaired) electrons. The number of H-pyrrole nitrogens is 1. The van der Waals surface area contributed by atoms with Crippen LogP contribution in [0.3, 0.4) is 0 Å². The van der Waals surface area contributed by atoms with Crippen LogP contribution in [-0.4, -0.2) is 26.1 Å². The highest BCUT2D eigenvalue weighted by atomic mass is 16.4. The van der Waals surface area contributed by atoms with Crippen molar-refractivity contribution in [2.24, 2.45) is 0 Å². The van der Waals surface area contributed by atoms with Crippen molar-refractivity contribution in [2.75, 3.05) is 0 Å². The molecule has 2 aliphatic rings. The van der Waals surface area contributed by atoms with E-state index in [2.05, 4.69) is 20.1 Å². The average molecular weight is 258 g/mol. The van der Waals surface area contributed by atoms with E-state index in [1.54, 1.807) is 0 Å². The van der Waals surface area contributed by atoms with Crippen LogP contribution >= 0.6 is 0 Å². The van der Waals surface area contributed by atoms with Gasteiger partial charge in [0, 0.05) is 29.8 Å². The number of nitrogens with zero attached hydrogens (tertiary/aromatic N) is 3. The summed E-state index contributed by atoms with van der Waals surface area (Å²) in [5.41, 5.74) is 3.70. The summed E-state index contributed by atoms with van der Waals surface area (Å²) >= 11 is 0. The Kier molecular flexibility index (Phi) is 2.33. The molecule has 19 heavy (non-hydrogen) atoms. The first-order valence-electron chi connectivity index (χ1n) is 6.93. The lowest BCUT2D eigenvalue weighted by molar-refractivity contribution is 0.151. The molecule has 5 nitrogen and oxygen atoms in total. The van der Waals surface area contributed by atoms with E-state index in [1.165, 1.54) is 24.1 Å². The van der Waals surface area contributed by atoms with Gasteiger partial charge >= 0.3 is 0 Å². The van der Waals surface area contributed by atoms with Crippen LogP contribution in [0.2, 0.25) is 0 Å². The van der Waals surface area contributed by atoms with E-state index < -0.39 is 0 Å². The van der Waals surface area contributed by atoms with Gasteiger partial charge < -0.3 is 4.42 Å². The molecule has 2 aliphatic heterocycles. The molecule has 0 saturated carbocycles. The second-order valence-electron chi connectivity index (χ2n) is 5.68. The SMILES string of the molecule is Cc1nc(CN2C3CCC2c2cn[nH]c2C3)oc1C. The van der Waals surface area contributed by atoms with Gasteiger partial charge in [0.1, 0.15) is 5.76 Å². The highest BCUT2D eigenvalue weighted by Crippen LogP contribution is 2.43. The lowest BCUT2D eigenvalue weighted by Crippen LogP contribution is -2.36. The van der Waals surface area contributed by atoms with Crippen molar-refractivity contribution >= 4 is 0 Å². The molecule has 2 aromatic rings. The van der Waals surface area contributed by atoms with E-state index in [4.69, 9.17) is 4.42 Å². The molecule has 0 amide bonds. The Morgan fingerprint density at radius 3 is 3.11 bits per heavy atom. The maximum atomic E-state index is 5.73. The van der Waals surface area contributed by atoms with Gasteiger partial charge in [-0.1, -0.05) is 0 Å². The Morgan fingerprint density at radius 1 is 1.42 bits per heavy atom. The molecule has 0 spiro atoms. The number of hydrogen-bond acceptors (Lipinski definition) is 4. The molecular weight excluding hydrogens is 240 g/mol.